The highest BCUT2D eigenvalue weighted by Gasteiger charge is 2.39. The van der Waals surface area contributed by atoms with Gasteiger partial charge in [0.2, 0.25) is 0 Å². The number of fused-ring (bicyclic) bond motifs is 2. The number of benzene rings is 1. The Morgan fingerprint density at radius 3 is 2.88 bits per heavy atom. The summed E-state index contributed by atoms with van der Waals surface area (Å²) >= 11 is 0. The Kier molecular flexibility index (Phi) is 6.31. The van der Waals surface area contributed by atoms with E-state index in [0.717, 1.165) is 0 Å². The van der Waals surface area contributed by atoms with Crippen LogP contribution >= 0.6 is 0 Å². The highest BCUT2D eigenvalue weighted by Crippen LogP contribution is 2.32. The second kappa shape index (κ2) is 9.31. The zero-order chi connectivity index (χ0) is 22.7. The zero-order valence-electron chi connectivity index (χ0n) is 17.8. The minimum Gasteiger partial charge on any atom is -0.490 e. The van der Waals surface area contributed by atoms with Crippen LogP contribution in [0.4, 0.5) is 5.69 Å². The molecule has 10 nitrogen and oxygen atoms in total. The van der Waals surface area contributed by atoms with Crippen molar-refractivity contribution in [3.05, 3.63) is 48.0 Å². The van der Waals surface area contributed by atoms with Crippen molar-refractivity contribution in [3.63, 3.8) is 0 Å². The number of anilines is 1. The van der Waals surface area contributed by atoms with Crippen molar-refractivity contribution in [1.29, 1.82) is 0 Å². The van der Waals surface area contributed by atoms with Gasteiger partial charge in [0.05, 0.1) is 37.4 Å². The molecule has 2 aromatic rings. The van der Waals surface area contributed by atoms with Crippen LogP contribution in [-0.2, 0) is 14.3 Å². The van der Waals surface area contributed by atoms with Crippen molar-refractivity contribution in [1.82, 2.24) is 14.9 Å². The Bertz CT molecular complexity index is 1010. The molecule has 0 spiro atoms. The molecule has 2 aliphatic heterocycles. The molecule has 1 saturated heterocycles. The van der Waals surface area contributed by atoms with Crippen molar-refractivity contribution >= 4 is 23.5 Å². The Morgan fingerprint density at radius 1 is 1.28 bits per heavy atom. The fourth-order valence-electron chi connectivity index (χ4n) is 3.99. The summed E-state index contributed by atoms with van der Waals surface area (Å²) in [5.41, 5.74) is 0.960. The van der Waals surface area contributed by atoms with Gasteiger partial charge in [0.1, 0.15) is 24.2 Å². The van der Waals surface area contributed by atoms with Gasteiger partial charge >= 0.3 is 5.97 Å². The zero-order valence-corrected chi connectivity index (χ0v) is 17.8. The topological polar surface area (TPSA) is 120 Å². The molecule has 0 aliphatic carbocycles. The minimum absolute atomic E-state index is 0.169. The molecule has 4 rings (SSSR count). The minimum atomic E-state index is -0.428. The largest absolute Gasteiger partial charge is 0.490 e. The van der Waals surface area contributed by atoms with Crippen LogP contribution < -0.4 is 10.1 Å². The lowest BCUT2D eigenvalue weighted by molar-refractivity contribution is -0.151. The van der Waals surface area contributed by atoms with Crippen LogP contribution in [0.2, 0.25) is 0 Å². The summed E-state index contributed by atoms with van der Waals surface area (Å²) in [6, 6.07) is 4.69. The Hall–Kier alpha value is -3.53. The van der Waals surface area contributed by atoms with Crippen molar-refractivity contribution in [3.8, 4) is 5.75 Å². The van der Waals surface area contributed by atoms with Gasteiger partial charge in [-0.05, 0) is 31.0 Å². The maximum absolute atomic E-state index is 13.2. The van der Waals surface area contributed by atoms with E-state index in [1.165, 1.54) is 25.7 Å². The summed E-state index contributed by atoms with van der Waals surface area (Å²) in [6.45, 7) is 0.234. The molecule has 3 heterocycles. The summed E-state index contributed by atoms with van der Waals surface area (Å²) in [6.07, 6.45) is 5.12. The number of amides is 2. The number of ether oxygens (including phenoxy) is 3. The molecule has 32 heavy (non-hydrogen) atoms. The van der Waals surface area contributed by atoms with E-state index in [1.54, 1.807) is 30.1 Å². The molecule has 10 heteroatoms. The number of carbonyl (C=O) groups is 3. The summed E-state index contributed by atoms with van der Waals surface area (Å²) in [4.78, 5) is 46.7. The van der Waals surface area contributed by atoms with Crippen LogP contribution in [-0.4, -0.2) is 71.7 Å². The van der Waals surface area contributed by atoms with E-state index in [2.05, 4.69) is 15.3 Å². The van der Waals surface area contributed by atoms with E-state index in [1.807, 2.05) is 0 Å². The van der Waals surface area contributed by atoms with Gasteiger partial charge in [-0.25, -0.2) is 4.98 Å². The Labute approximate surface area is 184 Å². The molecular weight excluding hydrogens is 416 g/mol. The van der Waals surface area contributed by atoms with Gasteiger partial charge in [0.25, 0.3) is 11.8 Å². The lowest BCUT2D eigenvalue weighted by Crippen LogP contribution is -2.53. The summed E-state index contributed by atoms with van der Waals surface area (Å²) in [5, 5.41) is 2.73. The molecule has 1 aromatic carbocycles. The lowest BCUT2D eigenvalue weighted by atomic mass is 9.94. The van der Waals surface area contributed by atoms with Crippen LogP contribution in [0.25, 0.3) is 0 Å². The average molecular weight is 440 g/mol. The molecule has 1 aromatic heterocycles. The van der Waals surface area contributed by atoms with E-state index in [0.29, 0.717) is 29.8 Å². The number of hydrogen-bond donors (Lipinski definition) is 1. The second-order valence-corrected chi connectivity index (χ2v) is 7.70. The van der Waals surface area contributed by atoms with Crippen molar-refractivity contribution in [2.75, 3.05) is 26.1 Å². The molecule has 0 bridgehead atoms. The highest BCUT2D eigenvalue weighted by molar-refractivity contribution is 6.04. The number of nitrogens with zero attached hydrogens (tertiary/aromatic N) is 3. The third kappa shape index (κ3) is 4.54. The van der Waals surface area contributed by atoms with Gasteiger partial charge in [-0.1, -0.05) is 0 Å². The molecule has 0 radical (unpaired) electrons. The molecule has 0 unspecified atom stereocenters. The van der Waals surface area contributed by atoms with Crippen LogP contribution in [0.5, 0.6) is 5.75 Å². The van der Waals surface area contributed by atoms with Crippen LogP contribution in [0, 0.1) is 0 Å². The first kappa shape index (κ1) is 21.7. The number of methoxy groups -OCH3 is 1. The normalized spacial score (nSPS) is 22.5. The van der Waals surface area contributed by atoms with Gasteiger partial charge in [0, 0.05) is 25.1 Å². The molecule has 0 saturated carbocycles. The quantitative estimate of drug-likeness (QED) is 0.713. The van der Waals surface area contributed by atoms with Crippen molar-refractivity contribution in [2.24, 2.45) is 0 Å². The molecule has 3 atom stereocenters. The van der Waals surface area contributed by atoms with Gasteiger partial charge in [-0.3, -0.25) is 19.4 Å². The molecule has 2 aliphatic rings. The monoisotopic (exact) mass is 440 g/mol. The molecular formula is C22H24N4O6. The van der Waals surface area contributed by atoms with E-state index in [-0.39, 0.29) is 48.8 Å². The number of carbonyl (C=O) groups excluding carboxylic acids is 3. The van der Waals surface area contributed by atoms with Gasteiger partial charge < -0.3 is 24.4 Å². The lowest BCUT2D eigenvalue weighted by Gasteiger charge is -2.42. The predicted octanol–water partition coefficient (Wildman–Crippen LogP) is 1.67. The number of esters is 1. The molecule has 2 amide bonds. The Morgan fingerprint density at radius 2 is 2.12 bits per heavy atom. The number of rotatable bonds is 4. The number of nitrogens with one attached hydrogen (secondary N) is 1. The fourth-order valence-corrected chi connectivity index (χ4v) is 3.99. The smallest absolute Gasteiger partial charge is 0.308 e. The fraction of sp³-hybridized carbons (Fsp3) is 0.409. The van der Waals surface area contributed by atoms with Gasteiger partial charge in [0.15, 0.2) is 0 Å². The number of aromatic nitrogens is 2. The van der Waals surface area contributed by atoms with Crippen molar-refractivity contribution < 1.29 is 28.6 Å². The average Bonchev–Trinajstić information content (AvgIpc) is 2.82. The maximum Gasteiger partial charge on any atom is 0.308 e. The van der Waals surface area contributed by atoms with Crippen LogP contribution in [0.1, 0.15) is 40.1 Å². The predicted molar refractivity (Wildman–Crippen MR) is 112 cm³/mol. The first-order valence-corrected chi connectivity index (χ1v) is 10.3. The third-order valence-corrected chi connectivity index (χ3v) is 5.69. The van der Waals surface area contributed by atoms with E-state index >= 15 is 0 Å². The summed E-state index contributed by atoms with van der Waals surface area (Å²) in [7, 11) is 3.07. The van der Waals surface area contributed by atoms with Crippen LogP contribution in [0.15, 0.2) is 36.8 Å². The van der Waals surface area contributed by atoms with Crippen LogP contribution in [0.3, 0.4) is 0 Å². The standard InChI is InChI=1S/C22H24N4O6/c1-26-17-5-4-14(10-20(27)30-2)32-19(17)12-31-18-6-3-13(9-15(18)22(26)29)25-21(28)16-11-23-7-8-24-16/h3,6-9,11,14,17,19H,4-5,10,12H2,1-2H3,(H,25,28)/t14-,17-,19+/m0/s1. The third-order valence-electron chi connectivity index (χ3n) is 5.69. The first-order valence-electron chi connectivity index (χ1n) is 10.3. The van der Waals surface area contributed by atoms with Gasteiger partial charge in [-0.2, -0.15) is 0 Å². The van der Waals surface area contributed by atoms with Crippen molar-refractivity contribution in [2.45, 2.75) is 37.5 Å². The summed E-state index contributed by atoms with van der Waals surface area (Å²) < 4.78 is 16.7. The summed E-state index contributed by atoms with van der Waals surface area (Å²) in [5.74, 6) is -0.592. The molecule has 1 fully saturated rings. The van der Waals surface area contributed by atoms with E-state index < -0.39 is 5.91 Å². The first-order chi connectivity index (χ1) is 15.5. The highest BCUT2D eigenvalue weighted by atomic mass is 16.5. The van der Waals surface area contributed by atoms with E-state index in [9.17, 15) is 14.4 Å². The number of likely N-dealkylation sites (N-methyl/N-ethyl adjacent to an activating group) is 1. The number of hydrogen-bond acceptors (Lipinski definition) is 8. The molecule has 168 valence electrons. The second-order valence-electron chi connectivity index (χ2n) is 7.70. The van der Waals surface area contributed by atoms with Gasteiger partial charge in [-0.15, -0.1) is 0 Å². The van der Waals surface area contributed by atoms with E-state index in [4.69, 9.17) is 14.2 Å². The molecule has 1 N–H and O–H groups in total. The Balaban J connectivity index is 1.52. The SMILES string of the molecule is COC(=O)C[C@@H]1CC[C@H]2[C@@H](COc3ccc(NC(=O)c4cnccn4)cc3C(=O)N2C)O1. The maximum atomic E-state index is 13.2.